The molecule has 1 aliphatic rings. The molecule has 0 radical (unpaired) electrons. The topological polar surface area (TPSA) is 4.93 Å². The third-order valence-electron chi connectivity index (χ3n) is 3.08. The number of aromatic nitrogens is 1. The van der Waals surface area contributed by atoms with Crippen molar-refractivity contribution in [3.8, 4) is 0 Å². The molecule has 0 bridgehead atoms. The van der Waals surface area contributed by atoms with Crippen molar-refractivity contribution in [1.29, 1.82) is 0 Å². The van der Waals surface area contributed by atoms with Gasteiger partial charge in [-0.1, -0.05) is 19.3 Å². The molecule has 1 nitrogen and oxygen atoms in total. The van der Waals surface area contributed by atoms with Gasteiger partial charge in [0, 0.05) is 12.2 Å². The van der Waals surface area contributed by atoms with Crippen molar-refractivity contribution in [3.63, 3.8) is 0 Å². The van der Waals surface area contributed by atoms with Gasteiger partial charge in [-0.05, 0) is 25.8 Å². The van der Waals surface area contributed by atoms with Gasteiger partial charge in [-0.25, -0.2) is 4.39 Å². The summed E-state index contributed by atoms with van der Waals surface area (Å²) in [5.74, 6) is -0.0643. The Hall–Kier alpha value is -0.790. The Balaban J connectivity index is 2.18. The van der Waals surface area contributed by atoms with Crippen LogP contribution >= 0.6 is 0 Å². The van der Waals surface area contributed by atoms with Gasteiger partial charge in [-0.15, -0.1) is 0 Å². The molecule has 0 atom stereocenters. The quantitative estimate of drug-likeness (QED) is 0.625. The van der Waals surface area contributed by atoms with Crippen LogP contribution in [0.5, 0.6) is 0 Å². The van der Waals surface area contributed by atoms with Gasteiger partial charge in [-0.3, -0.25) is 0 Å². The molecule has 2 rings (SSSR count). The average Bonchev–Trinajstić information content (AvgIpc) is 2.49. The van der Waals surface area contributed by atoms with Crippen LogP contribution in [0.2, 0.25) is 0 Å². The van der Waals surface area contributed by atoms with Gasteiger partial charge >= 0.3 is 0 Å². The zero-order chi connectivity index (χ0) is 9.26. The lowest BCUT2D eigenvalue weighted by atomic mass is 9.95. The molecule has 1 aromatic rings. The predicted molar refractivity (Wildman–Crippen MR) is 51.2 cm³/mol. The maximum atomic E-state index is 13.1. The van der Waals surface area contributed by atoms with Crippen LogP contribution in [-0.2, 0) is 0 Å². The first-order chi connectivity index (χ1) is 6.29. The van der Waals surface area contributed by atoms with Crippen LogP contribution in [-0.4, -0.2) is 4.57 Å². The number of nitrogens with zero attached hydrogens (tertiary/aromatic N) is 1. The molecule has 0 saturated heterocycles. The first-order valence-corrected chi connectivity index (χ1v) is 5.12. The molecular weight excluding hydrogens is 165 g/mol. The lowest BCUT2D eigenvalue weighted by molar-refractivity contribution is 0.347. The number of rotatable bonds is 1. The van der Waals surface area contributed by atoms with Crippen molar-refractivity contribution in [3.05, 3.63) is 23.8 Å². The fourth-order valence-corrected chi connectivity index (χ4v) is 2.26. The minimum absolute atomic E-state index is 0.0643. The second-order valence-electron chi connectivity index (χ2n) is 3.95. The summed E-state index contributed by atoms with van der Waals surface area (Å²) in [6.45, 7) is 1.87. The first-order valence-electron chi connectivity index (χ1n) is 5.12. The lowest BCUT2D eigenvalue weighted by Gasteiger charge is -2.24. The van der Waals surface area contributed by atoms with E-state index in [1.165, 1.54) is 32.1 Å². The summed E-state index contributed by atoms with van der Waals surface area (Å²) in [5.41, 5.74) is 0.798. The van der Waals surface area contributed by atoms with Crippen molar-refractivity contribution < 1.29 is 4.39 Å². The normalized spacial score (nSPS) is 19.2. The van der Waals surface area contributed by atoms with Crippen molar-refractivity contribution in [2.75, 3.05) is 0 Å². The van der Waals surface area contributed by atoms with E-state index >= 15 is 0 Å². The molecule has 1 aliphatic carbocycles. The molecular formula is C11H16FN. The van der Waals surface area contributed by atoms with Crippen LogP contribution in [0.25, 0.3) is 0 Å². The summed E-state index contributed by atoms with van der Waals surface area (Å²) in [4.78, 5) is 0. The van der Waals surface area contributed by atoms with Gasteiger partial charge < -0.3 is 4.57 Å². The second kappa shape index (κ2) is 3.52. The third kappa shape index (κ3) is 1.62. The van der Waals surface area contributed by atoms with E-state index in [1.54, 1.807) is 6.07 Å². The maximum Gasteiger partial charge on any atom is 0.143 e. The van der Waals surface area contributed by atoms with Crippen molar-refractivity contribution in [2.45, 2.75) is 45.1 Å². The highest BCUT2D eigenvalue weighted by molar-refractivity contribution is 5.09. The molecule has 72 valence electrons. The fourth-order valence-electron chi connectivity index (χ4n) is 2.26. The van der Waals surface area contributed by atoms with Crippen LogP contribution in [0.15, 0.2) is 12.3 Å². The minimum atomic E-state index is -0.0643. The monoisotopic (exact) mass is 181 g/mol. The van der Waals surface area contributed by atoms with Gasteiger partial charge in [-0.2, -0.15) is 0 Å². The highest BCUT2D eigenvalue weighted by atomic mass is 19.1. The largest absolute Gasteiger partial charge is 0.346 e. The Kier molecular flexibility index (Phi) is 2.38. The van der Waals surface area contributed by atoms with Gasteiger partial charge in [0.25, 0.3) is 0 Å². The molecule has 2 heteroatoms. The lowest BCUT2D eigenvalue weighted by Crippen LogP contribution is -2.13. The number of halogens is 1. The van der Waals surface area contributed by atoms with E-state index in [0.29, 0.717) is 6.04 Å². The predicted octanol–water partition coefficient (Wildman–Crippen LogP) is 3.44. The van der Waals surface area contributed by atoms with E-state index in [1.807, 2.05) is 13.1 Å². The van der Waals surface area contributed by atoms with Crippen molar-refractivity contribution in [2.24, 2.45) is 0 Å². The summed E-state index contributed by atoms with van der Waals surface area (Å²) >= 11 is 0. The zero-order valence-corrected chi connectivity index (χ0v) is 8.09. The first kappa shape index (κ1) is 8.79. The number of hydrogen-bond donors (Lipinski definition) is 0. The van der Waals surface area contributed by atoms with Crippen LogP contribution < -0.4 is 0 Å². The molecule has 0 unspecified atom stereocenters. The molecule has 0 aliphatic heterocycles. The van der Waals surface area contributed by atoms with E-state index in [2.05, 4.69) is 4.57 Å². The molecule has 0 spiro atoms. The van der Waals surface area contributed by atoms with Gasteiger partial charge in [0.05, 0.1) is 5.69 Å². The molecule has 1 saturated carbocycles. The number of hydrogen-bond acceptors (Lipinski definition) is 0. The summed E-state index contributed by atoms with van der Waals surface area (Å²) in [6.07, 6.45) is 8.26. The third-order valence-corrected chi connectivity index (χ3v) is 3.08. The summed E-state index contributed by atoms with van der Waals surface area (Å²) < 4.78 is 15.2. The Morgan fingerprint density at radius 1 is 1.31 bits per heavy atom. The van der Waals surface area contributed by atoms with Gasteiger partial charge in [0.15, 0.2) is 0 Å². The van der Waals surface area contributed by atoms with E-state index in [-0.39, 0.29) is 5.82 Å². The highest BCUT2D eigenvalue weighted by Gasteiger charge is 2.17. The molecule has 13 heavy (non-hydrogen) atoms. The van der Waals surface area contributed by atoms with Crippen molar-refractivity contribution in [1.82, 2.24) is 4.57 Å². The Morgan fingerprint density at radius 2 is 2.00 bits per heavy atom. The molecule has 1 fully saturated rings. The zero-order valence-electron chi connectivity index (χ0n) is 8.09. The molecule has 0 amide bonds. The molecule has 1 heterocycles. The van der Waals surface area contributed by atoms with Crippen LogP contribution in [0.1, 0.15) is 43.8 Å². The maximum absolute atomic E-state index is 13.1. The minimum Gasteiger partial charge on any atom is -0.346 e. The van der Waals surface area contributed by atoms with E-state index in [9.17, 15) is 4.39 Å². The fraction of sp³-hybridized carbons (Fsp3) is 0.636. The van der Waals surface area contributed by atoms with Gasteiger partial charge in [0.2, 0.25) is 0 Å². The highest BCUT2D eigenvalue weighted by Crippen LogP contribution is 2.29. The smallest absolute Gasteiger partial charge is 0.143 e. The van der Waals surface area contributed by atoms with E-state index < -0.39 is 0 Å². The molecule has 0 aromatic carbocycles. The Morgan fingerprint density at radius 3 is 2.54 bits per heavy atom. The summed E-state index contributed by atoms with van der Waals surface area (Å²) in [5, 5.41) is 0. The van der Waals surface area contributed by atoms with Crippen LogP contribution in [0.3, 0.4) is 0 Å². The molecule has 1 aromatic heterocycles. The van der Waals surface area contributed by atoms with Crippen LogP contribution in [0, 0.1) is 12.7 Å². The summed E-state index contributed by atoms with van der Waals surface area (Å²) in [6, 6.07) is 2.13. The SMILES string of the molecule is Cc1c(F)ccn1C1CCCCC1. The second-order valence-corrected chi connectivity index (χ2v) is 3.95. The molecule has 0 N–H and O–H groups in total. The van der Waals surface area contributed by atoms with E-state index in [0.717, 1.165) is 5.69 Å². The van der Waals surface area contributed by atoms with Crippen molar-refractivity contribution >= 4 is 0 Å². The van der Waals surface area contributed by atoms with Gasteiger partial charge in [0.1, 0.15) is 5.82 Å². The van der Waals surface area contributed by atoms with Crippen LogP contribution in [0.4, 0.5) is 4.39 Å². The standard InChI is InChI=1S/C11H16FN/c1-9-11(12)7-8-13(9)10-5-3-2-4-6-10/h7-8,10H,2-6H2,1H3. The Bertz CT molecular complexity index is 284. The Labute approximate surface area is 78.6 Å². The van der Waals surface area contributed by atoms with E-state index in [4.69, 9.17) is 0 Å². The average molecular weight is 181 g/mol. The summed E-state index contributed by atoms with van der Waals surface area (Å²) in [7, 11) is 0.